The van der Waals surface area contributed by atoms with Gasteiger partial charge in [0.15, 0.2) is 11.6 Å². The number of hydrogen-bond acceptors (Lipinski definition) is 9. The van der Waals surface area contributed by atoms with Gasteiger partial charge in [-0.2, -0.15) is 9.29 Å². The van der Waals surface area contributed by atoms with Crippen molar-refractivity contribution >= 4 is 10.0 Å². The number of ether oxygens (including phenoxy) is 1. The highest BCUT2D eigenvalue weighted by Gasteiger charge is 2.45. The van der Waals surface area contributed by atoms with Crippen molar-refractivity contribution in [2.24, 2.45) is 0 Å². The zero-order chi connectivity index (χ0) is 22.1. The lowest BCUT2D eigenvalue weighted by Gasteiger charge is -2.40. The standard InChI is InChI=1S/C20H25N5O5S/c1-14-17(15(2)29-23-14)31(26,27)25-10-5-7-20(13-25,8-11-28-3)19-22-18(30-24-19)16-6-4-9-21-12-16/h4,6,9,12H,5,7-8,10-11,13H2,1-3H3. The summed E-state index contributed by atoms with van der Waals surface area (Å²) in [6.45, 7) is 4.29. The molecule has 31 heavy (non-hydrogen) atoms. The Morgan fingerprint density at radius 2 is 2.10 bits per heavy atom. The first-order chi connectivity index (χ1) is 14.9. The number of sulfonamides is 1. The van der Waals surface area contributed by atoms with Gasteiger partial charge in [-0.1, -0.05) is 10.3 Å². The topological polar surface area (TPSA) is 124 Å². The molecule has 0 amide bonds. The third kappa shape index (κ3) is 4.00. The lowest BCUT2D eigenvalue weighted by atomic mass is 9.77. The van der Waals surface area contributed by atoms with Gasteiger partial charge in [0.2, 0.25) is 10.0 Å². The van der Waals surface area contributed by atoms with E-state index >= 15 is 0 Å². The van der Waals surface area contributed by atoms with E-state index in [1.165, 1.54) is 4.31 Å². The Hall–Kier alpha value is -2.63. The summed E-state index contributed by atoms with van der Waals surface area (Å²) < 4.78 is 44.3. The molecule has 1 fully saturated rings. The molecule has 10 nitrogen and oxygen atoms in total. The fraction of sp³-hybridized carbons (Fsp3) is 0.500. The number of hydrogen-bond donors (Lipinski definition) is 0. The van der Waals surface area contributed by atoms with Crippen molar-refractivity contribution < 1.29 is 22.2 Å². The predicted octanol–water partition coefficient (Wildman–Crippen LogP) is 2.50. The monoisotopic (exact) mass is 447 g/mol. The van der Waals surface area contributed by atoms with Crippen molar-refractivity contribution in [1.29, 1.82) is 0 Å². The lowest BCUT2D eigenvalue weighted by Crippen LogP contribution is -2.49. The van der Waals surface area contributed by atoms with Crippen LogP contribution < -0.4 is 0 Å². The highest BCUT2D eigenvalue weighted by atomic mass is 32.2. The molecule has 3 aromatic heterocycles. The molecule has 0 N–H and O–H groups in total. The number of methoxy groups -OCH3 is 1. The molecule has 0 aromatic carbocycles. The van der Waals surface area contributed by atoms with E-state index in [9.17, 15) is 8.42 Å². The number of aromatic nitrogens is 4. The maximum Gasteiger partial charge on any atom is 0.259 e. The second-order valence-electron chi connectivity index (χ2n) is 7.78. The van der Waals surface area contributed by atoms with Crippen LogP contribution in [0.25, 0.3) is 11.5 Å². The largest absolute Gasteiger partial charge is 0.385 e. The third-order valence-corrected chi connectivity index (χ3v) is 7.79. The Morgan fingerprint density at radius 1 is 1.26 bits per heavy atom. The van der Waals surface area contributed by atoms with Crippen LogP contribution in [0.15, 0.2) is 38.5 Å². The van der Waals surface area contributed by atoms with Crippen molar-refractivity contribution in [3.8, 4) is 11.5 Å². The van der Waals surface area contributed by atoms with Crippen LogP contribution in [0.5, 0.6) is 0 Å². The molecule has 1 aliphatic rings. The summed E-state index contributed by atoms with van der Waals surface area (Å²) in [5.74, 6) is 1.11. The molecule has 0 bridgehead atoms. The van der Waals surface area contributed by atoms with Crippen LogP contribution in [0.4, 0.5) is 0 Å². The molecule has 1 saturated heterocycles. The second kappa shape index (κ2) is 8.48. The van der Waals surface area contributed by atoms with Gasteiger partial charge < -0.3 is 13.8 Å². The summed E-state index contributed by atoms with van der Waals surface area (Å²) >= 11 is 0. The van der Waals surface area contributed by atoms with Gasteiger partial charge in [-0.05, 0) is 45.2 Å². The van der Waals surface area contributed by atoms with Crippen LogP contribution in [-0.4, -0.2) is 59.8 Å². The van der Waals surface area contributed by atoms with E-state index in [-0.39, 0.29) is 17.2 Å². The molecule has 166 valence electrons. The van der Waals surface area contributed by atoms with E-state index in [0.717, 1.165) is 6.42 Å². The summed E-state index contributed by atoms with van der Waals surface area (Å²) in [4.78, 5) is 8.83. The number of piperidine rings is 1. The van der Waals surface area contributed by atoms with Crippen LogP contribution in [-0.2, 0) is 20.2 Å². The average Bonchev–Trinajstić information content (AvgIpc) is 3.40. The minimum absolute atomic E-state index is 0.124. The smallest absolute Gasteiger partial charge is 0.259 e. The van der Waals surface area contributed by atoms with Gasteiger partial charge in [-0.3, -0.25) is 4.98 Å². The average molecular weight is 448 g/mol. The summed E-state index contributed by atoms with van der Waals surface area (Å²) in [5, 5.41) is 8.05. The quantitative estimate of drug-likeness (QED) is 0.537. The van der Waals surface area contributed by atoms with E-state index in [4.69, 9.17) is 13.8 Å². The van der Waals surface area contributed by atoms with Gasteiger partial charge in [0.25, 0.3) is 5.89 Å². The first-order valence-electron chi connectivity index (χ1n) is 10.0. The number of nitrogens with zero attached hydrogens (tertiary/aromatic N) is 5. The van der Waals surface area contributed by atoms with Gasteiger partial charge in [0.1, 0.15) is 10.6 Å². The van der Waals surface area contributed by atoms with Crippen molar-refractivity contribution in [1.82, 2.24) is 24.6 Å². The van der Waals surface area contributed by atoms with Gasteiger partial charge >= 0.3 is 0 Å². The summed E-state index contributed by atoms with van der Waals surface area (Å²) in [5.41, 5.74) is 0.424. The van der Waals surface area contributed by atoms with Crippen molar-refractivity contribution in [3.63, 3.8) is 0 Å². The molecule has 1 aliphatic heterocycles. The Kier molecular flexibility index (Phi) is 5.91. The highest BCUT2D eigenvalue weighted by molar-refractivity contribution is 7.89. The number of aryl methyl sites for hydroxylation is 2. The molecule has 3 aromatic rings. The van der Waals surface area contributed by atoms with E-state index in [1.807, 2.05) is 6.07 Å². The Balaban J connectivity index is 1.70. The van der Waals surface area contributed by atoms with Crippen LogP contribution in [0.3, 0.4) is 0 Å². The molecule has 1 atom stereocenters. The minimum atomic E-state index is -3.79. The summed E-state index contributed by atoms with van der Waals surface area (Å²) in [6, 6.07) is 3.62. The Bertz CT molecular complexity index is 1120. The molecular formula is C20H25N5O5S. The minimum Gasteiger partial charge on any atom is -0.385 e. The number of rotatable bonds is 7. The highest BCUT2D eigenvalue weighted by Crippen LogP contribution is 2.39. The Morgan fingerprint density at radius 3 is 2.77 bits per heavy atom. The molecular weight excluding hydrogens is 422 g/mol. The summed E-state index contributed by atoms with van der Waals surface area (Å²) in [6.07, 6.45) is 5.25. The fourth-order valence-electron chi connectivity index (χ4n) is 4.11. The van der Waals surface area contributed by atoms with Gasteiger partial charge in [0.05, 0.1) is 5.56 Å². The molecule has 0 saturated carbocycles. The van der Waals surface area contributed by atoms with E-state index in [1.54, 1.807) is 39.4 Å². The van der Waals surface area contributed by atoms with Crippen LogP contribution in [0.2, 0.25) is 0 Å². The lowest BCUT2D eigenvalue weighted by molar-refractivity contribution is 0.128. The van der Waals surface area contributed by atoms with Crippen LogP contribution in [0.1, 0.15) is 36.5 Å². The third-order valence-electron chi connectivity index (χ3n) is 5.70. The molecule has 4 heterocycles. The van der Waals surface area contributed by atoms with Gasteiger partial charge in [0, 0.05) is 44.6 Å². The van der Waals surface area contributed by atoms with Gasteiger partial charge in [-0.25, -0.2) is 8.42 Å². The van der Waals surface area contributed by atoms with E-state index in [2.05, 4.69) is 20.3 Å². The number of pyridine rings is 1. The predicted molar refractivity (Wildman–Crippen MR) is 110 cm³/mol. The normalized spacial score (nSPS) is 20.2. The molecule has 0 aliphatic carbocycles. The zero-order valence-corrected chi connectivity index (χ0v) is 18.6. The first kappa shape index (κ1) is 21.6. The zero-order valence-electron chi connectivity index (χ0n) is 17.7. The van der Waals surface area contributed by atoms with Gasteiger partial charge in [-0.15, -0.1) is 0 Å². The van der Waals surface area contributed by atoms with E-state index < -0.39 is 15.4 Å². The molecule has 4 rings (SSSR count). The maximum atomic E-state index is 13.4. The Labute approximate surface area is 180 Å². The van der Waals surface area contributed by atoms with Crippen molar-refractivity contribution in [3.05, 3.63) is 41.8 Å². The van der Waals surface area contributed by atoms with Crippen LogP contribution in [0, 0.1) is 13.8 Å². The summed E-state index contributed by atoms with van der Waals surface area (Å²) in [7, 11) is -2.17. The van der Waals surface area contributed by atoms with Crippen LogP contribution >= 0.6 is 0 Å². The maximum absolute atomic E-state index is 13.4. The molecule has 0 spiro atoms. The van der Waals surface area contributed by atoms with E-state index in [0.29, 0.717) is 49.0 Å². The molecule has 0 radical (unpaired) electrons. The molecule has 1 unspecified atom stereocenters. The molecule has 11 heteroatoms. The first-order valence-corrected chi connectivity index (χ1v) is 11.5. The SMILES string of the molecule is COCCC1(c2noc(-c3cccnc3)n2)CCCN(S(=O)(=O)c2c(C)noc2C)C1. The second-order valence-corrected chi connectivity index (χ2v) is 9.66. The van der Waals surface area contributed by atoms with Crippen molar-refractivity contribution in [2.75, 3.05) is 26.8 Å². The fourth-order valence-corrected chi connectivity index (χ4v) is 5.96. The van der Waals surface area contributed by atoms with Crippen molar-refractivity contribution in [2.45, 2.75) is 43.4 Å².